The fourth-order valence-corrected chi connectivity index (χ4v) is 4.83. The van der Waals surface area contributed by atoms with E-state index in [9.17, 15) is 4.79 Å². The van der Waals surface area contributed by atoms with Crippen LogP contribution in [0.2, 0.25) is 0 Å². The van der Waals surface area contributed by atoms with Crippen LogP contribution in [-0.2, 0) is 9.53 Å². The minimum absolute atomic E-state index is 0.196. The Labute approximate surface area is 116 Å². The third kappa shape index (κ3) is 2.01. The van der Waals surface area contributed by atoms with Gasteiger partial charge in [0.25, 0.3) is 0 Å². The maximum atomic E-state index is 12.9. The van der Waals surface area contributed by atoms with Crippen molar-refractivity contribution in [1.29, 1.82) is 0 Å². The highest BCUT2D eigenvalue weighted by Crippen LogP contribution is 2.53. The normalized spacial score (nSPS) is 38.9. The van der Waals surface area contributed by atoms with E-state index in [2.05, 4.69) is 32.6 Å². The van der Waals surface area contributed by atoms with Crippen LogP contribution in [0.25, 0.3) is 0 Å². The van der Waals surface area contributed by atoms with Crippen molar-refractivity contribution in [2.45, 2.75) is 59.4 Å². The molecule has 1 aliphatic carbocycles. The molecule has 2 atom stereocenters. The molecule has 0 N–H and O–H groups in total. The van der Waals surface area contributed by atoms with Crippen LogP contribution in [0.5, 0.6) is 0 Å². The summed E-state index contributed by atoms with van der Waals surface area (Å²) in [6, 6.07) is 0.463. The summed E-state index contributed by atoms with van der Waals surface area (Å²) < 4.78 is 5.34. The summed E-state index contributed by atoms with van der Waals surface area (Å²) in [6.07, 6.45) is 4.52. The molecule has 2 heterocycles. The van der Waals surface area contributed by atoms with Crippen LogP contribution >= 0.6 is 0 Å². The van der Waals surface area contributed by atoms with Gasteiger partial charge in [0.05, 0.1) is 18.6 Å². The SMILES string of the molecule is CCC1(C(=O)N2CC3(C)CC2CC(C)(C)C3)COC1. The zero-order valence-corrected chi connectivity index (χ0v) is 12.8. The Kier molecular flexibility index (Phi) is 2.80. The molecular formula is C16H27NO2. The van der Waals surface area contributed by atoms with Crippen molar-refractivity contribution in [1.82, 2.24) is 4.90 Å². The summed E-state index contributed by atoms with van der Waals surface area (Å²) in [5, 5.41) is 0. The molecule has 3 nitrogen and oxygen atoms in total. The van der Waals surface area contributed by atoms with Crippen LogP contribution in [0.15, 0.2) is 0 Å². The molecule has 2 saturated heterocycles. The number of amides is 1. The zero-order chi connectivity index (χ0) is 13.9. The monoisotopic (exact) mass is 265 g/mol. The van der Waals surface area contributed by atoms with Crippen molar-refractivity contribution in [3.05, 3.63) is 0 Å². The largest absolute Gasteiger partial charge is 0.379 e. The van der Waals surface area contributed by atoms with Crippen molar-refractivity contribution in [2.75, 3.05) is 19.8 Å². The van der Waals surface area contributed by atoms with Gasteiger partial charge < -0.3 is 9.64 Å². The van der Waals surface area contributed by atoms with E-state index in [1.165, 1.54) is 12.8 Å². The van der Waals surface area contributed by atoms with Crippen LogP contribution in [0.4, 0.5) is 0 Å². The van der Waals surface area contributed by atoms with Crippen LogP contribution in [0.3, 0.4) is 0 Å². The molecule has 1 amide bonds. The molecule has 2 aliphatic heterocycles. The van der Waals surface area contributed by atoms with E-state index in [0.29, 0.717) is 36.0 Å². The van der Waals surface area contributed by atoms with Gasteiger partial charge in [0.15, 0.2) is 0 Å². The number of hydrogen-bond donors (Lipinski definition) is 0. The van der Waals surface area contributed by atoms with Gasteiger partial charge in [-0.2, -0.15) is 0 Å². The van der Waals surface area contributed by atoms with Gasteiger partial charge in [-0.1, -0.05) is 27.7 Å². The van der Waals surface area contributed by atoms with Gasteiger partial charge in [-0.15, -0.1) is 0 Å². The Morgan fingerprint density at radius 2 is 1.95 bits per heavy atom. The van der Waals surface area contributed by atoms with Gasteiger partial charge in [0.2, 0.25) is 5.91 Å². The number of carbonyl (C=O) groups is 1. The molecule has 0 aromatic heterocycles. The van der Waals surface area contributed by atoms with Gasteiger partial charge in [-0.3, -0.25) is 4.79 Å². The average Bonchev–Trinajstić information content (AvgIpc) is 2.46. The summed E-state index contributed by atoms with van der Waals surface area (Å²) in [5.74, 6) is 0.368. The summed E-state index contributed by atoms with van der Waals surface area (Å²) >= 11 is 0. The first-order valence-electron chi connectivity index (χ1n) is 7.68. The summed E-state index contributed by atoms with van der Waals surface area (Å²) in [6.45, 7) is 11.4. The second-order valence-electron chi connectivity index (χ2n) is 8.27. The molecule has 0 aromatic rings. The number of ether oxygens (including phenoxy) is 1. The first kappa shape index (κ1) is 13.4. The van der Waals surface area contributed by atoms with E-state index < -0.39 is 0 Å². The highest BCUT2D eigenvalue weighted by atomic mass is 16.5. The molecular weight excluding hydrogens is 238 g/mol. The topological polar surface area (TPSA) is 29.5 Å². The summed E-state index contributed by atoms with van der Waals surface area (Å²) in [4.78, 5) is 15.1. The quantitative estimate of drug-likeness (QED) is 0.768. The van der Waals surface area contributed by atoms with E-state index in [1.807, 2.05) is 0 Å². The number of nitrogens with zero attached hydrogens (tertiary/aromatic N) is 1. The number of fused-ring (bicyclic) bond motifs is 2. The second-order valence-corrected chi connectivity index (χ2v) is 8.27. The van der Waals surface area contributed by atoms with Crippen LogP contribution < -0.4 is 0 Å². The van der Waals surface area contributed by atoms with E-state index in [4.69, 9.17) is 4.74 Å². The van der Waals surface area contributed by atoms with E-state index >= 15 is 0 Å². The molecule has 3 aliphatic rings. The predicted octanol–water partition coefficient (Wildman–Crippen LogP) is 2.84. The first-order chi connectivity index (χ1) is 8.79. The molecule has 1 saturated carbocycles. The first-order valence-corrected chi connectivity index (χ1v) is 7.68. The Morgan fingerprint density at radius 3 is 2.47 bits per heavy atom. The minimum Gasteiger partial charge on any atom is -0.379 e. The fraction of sp³-hybridized carbons (Fsp3) is 0.938. The highest BCUT2D eigenvalue weighted by Gasteiger charge is 2.55. The lowest BCUT2D eigenvalue weighted by Crippen LogP contribution is -2.56. The molecule has 3 fully saturated rings. The lowest BCUT2D eigenvalue weighted by Gasteiger charge is -2.43. The van der Waals surface area contributed by atoms with Crippen LogP contribution in [-0.4, -0.2) is 36.6 Å². The molecule has 108 valence electrons. The number of hydrogen-bond acceptors (Lipinski definition) is 2. The molecule has 3 rings (SSSR count). The van der Waals surface area contributed by atoms with Crippen molar-refractivity contribution in [3.63, 3.8) is 0 Å². The minimum atomic E-state index is -0.196. The molecule has 0 aromatic carbocycles. The second kappa shape index (κ2) is 3.97. The average molecular weight is 265 g/mol. The lowest BCUT2D eigenvalue weighted by molar-refractivity contribution is -0.174. The smallest absolute Gasteiger partial charge is 0.233 e. The maximum Gasteiger partial charge on any atom is 0.233 e. The molecule has 2 unspecified atom stereocenters. The standard InChI is InChI=1S/C16H27NO2/c1-5-16(10-19-11-16)13(18)17-9-15(4)7-12(17)6-14(2,3)8-15/h12H,5-11H2,1-4H3. The Hall–Kier alpha value is -0.570. The van der Waals surface area contributed by atoms with E-state index in [0.717, 1.165) is 19.4 Å². The summed E-state index contributed by atoms with van der Waals surface area (Å²) in [5.41, 5.74) is 0.516. The highest BCUT2D eigenvalue weighted by molar-refractivity contribution is 5.84. The van der Waals surface area contributed by atoms with Gasteiger partial charge >= 0.3 is 0 Å². The molecule has 0 radical (unpaired) electrons. The van der Waals surface area contributed by atoms with Gasteiger partial charge in [-0.25, -0.2) is 0 Å². The van der Waals surface area contributed by atoms with Gasteiger partial charge in [0.1, 0.15) is 0 Å². The number of likely N-dealkylation sites (tertiary alicyclic amines) is 1. The van der Waals surface area contributed by atoms with E-state index in [-0.39, 0.29) is 5.41 Å². The number of carbonyl (C=O) groups excluding carboxylic acids is 1. The molecule has 0 spiro atoms. The molecule has 3 heteroatoms. The Balaban J connectivity index is 1.82. The van der Waals surface area contributed by atoms with Crippen molar-refractivity contribution >= 4 is 5.91 Å². The lowest BCUT2D eigenvalue weighted by atomic mass is 9.65. The third-order valence-corrected chi connectivity index (χ3v) is 5.56. The zero-order valence-electron chi connectivity index (χ0n) is 12.8. The van der Waals surface area contributed by atoms with Crippen molar-refractivity contribution in [3.8, 4) is 0 Å². The van der Waals surface area contributed by atoms with Crippen LogP contribution in [0.1, 0.15) is 53.4 Å². The van der Waals surface area contributed by atoms with E-state index in [1.54, 1.807) is 0 Å². The number of rotatable bonds is 2. The maximum absolute atomic E-state index is 12.9. The van der Waals surface area contributed by atoms with Gasteiger partial charge in [0, 0.05) is 12.6 Å². The fourth-order valence-electron chi connectivity index (χ4n) is 4.83. The summed E-state index contributed by atoms with van der Waals surface area (Å²) in [7, 11) is 0. The van der Waals surface area contributed by atoms with Crippen LogP contribution in [0, 0.1) is 16.2 Å². The van der Waals surface area contributed by atoms with Gasteiger partial charge in [-0.05, 0) is 36.5 Å². The third-order valence-electron chi connectivity index (χ3n) is 5.56. The Morgan fingerprint density at radius 1 is 1.26 bits per heavy atom. The van der Waals surface area contributed by atoms with Crippen molar-refractivity contribution < 1.29 is 9.53 Å². The van der Waals surface area contributed by atoms with Crippen molar-refractivity contribution in [2.24, 2.45) is 16.2 Å². The predicted molar refractivity (Wildman–Crippen MR) is 74.8 cm³/mol. The molecule has 2 bridgehead atoms. The molecule has 19 heavy (non-hydrogen) atoms. The Bertz CT molecular complexity index is 394.